The Kier molecular flexibility index (Phi) is 20.6. The standard InChI is InChI=1S/C12H15NO4S.C5H8BrNO.C5H9NO2.C5H9NO.BrH.Li/c1-9-2-5-11(6-3-9)18(15,16)17-8-10-4-7-12(14)13-10;6-3-4-1-2-5(8)7-4;7-3-4-1-2-5(8)6-4;1-4-2-3-5(7)6-4;;/h2-3,5-6,10H,4,7-8H2,1H3,(H,13,14);4H,1-3H2,(H,7,8);4,7H,1-3H2,(H,6,8);4H,2-3H2,1H3,(H,6,7);1H;/q;;;;;+1/p-1/t10-;3*4-;;/m1110../s1. The zero-order chi connectivity index (χ0) is 30.4. The number of carbonyl (C=O) groups excluding carboxylic acids is 4. The van der Waals surface area contributed by atoms with Crippen LogP contribution in [0.2, 0.25) is 0 Å². The number of benzene rings is 1. The van der Waals surface area contributed by atoms with E-state index in [9.17, 15) is 27.6 Å². The van der Waals surface area contributed by atoms with Crippen LogP contribution < -0.4 is 57.1 Å². The van der Waals surface area contributed by atoms with Gasteiger partial charge in [0, 0.05) is 43.1 Å². The van der Waals surface area contributed by atoms with Gasteiger partial charge in [0.15, 0.2) is 0 Å². The molecule has 43 heavy (non-hydrogen) atoms. The van der Waals surface area contributed by atoms with E-state index in [-0.39, 0.29) is 89.7 Å². The number of hydrogen-bond acceptors (Lipinski definition) is 8. The summed E-state index contributed by atoms with van der Waals surface area (Å²) in [6, 6.07) is 7.09. The molecule has 5 N–H and O–H groups in total. The average molecular weight is 748 g/mol. The molecule has 0 aliphatic carbocycles. The van der Waals surface area contributed by atoms with Crippen LogP contribution in [0.15, 0.2) is 29.2 Å². The summed E-state index contributed by atoms with van der Waals surface area (Å²) in [5, 5.41) is 20.2. The van der Waals surface area contributed by atoms with Crippen molar-refractivity contribution in [3.8, 4) is 0 Å². The topological polar surface area (TPSA) is 180 Å². The summed E-state index contributed by atoms with van der Waals surface area (Å²) < 4.78 is 28.6. The molecule has 5 rings (SSSR count). The summed E-state index contributed by atoms with van der Waals surface area (Å²) in [4.78, 5) is 42.3. The second-order valence-electron chi connectivity index (χ2n) is 10.3. The predicted molar refractivity (Wildman–Crippen MR) is 156 cm³/mol. The number of alkyl halides is 1. The largest absolute Gasteiger partial charge is 1.00 e. The van der Waals surface area contributed by atoms with Crippen LogP contribution in [0.3, 0.4) is 0 Å². The van der Waals surface area contributed by atoms with E-state index in [1.54, 1.807) is 12.1 Å². The number of carbonyl (C=O) groups is 4. The fraction of sp³-hybridized carbons (Fsp3) is 0.630. The molecule has 0 saturated carbocycles. The van der Waals surface area contributed by atoms with Gasteiger partial charge in [-0.25, -0.2) is 0 Å². The number of aryl methyl sites for hydroxylation is 1. The number of amides is 4. The van der Waals surface area contributed by atoms with E-state index in [1.807, 2.05) is 13.8 Å². The van der Waals surface area contributed by atoms with Crippen molar-refractivity contribution in [1.29, 1.82) is 0 Å². The van der Waals surface area contributed by atoms with Crippen molar-refractivity contribution in [2.24, 2.45) is 0 Å². The van der Waals surface area contributed by atoms with Crippen molar-refractivity contribution in [1.82, 2.24) is 21.3 Å². The molecule has 4 heterocycles. The van der Waals surface area contributed by atoms with Crippen molar-refractivity contribution < 1.29 is 72.7 Å². The Morgan fingerprint density at radius 2 is 1.23 bits per heavy atom. The van der Waals surface area contributed by atoms with Crippen LogP contribution in [0.1, 0.15) is 63.9 Å². The third-order valence-electron chi connectivity index (χ3n) is 6.61. The van der Waals surface area contributed by atoms with Crippen LogP contribution in [-0.4, -0.2) is 79.9 Å². The number of rotatable bonds is 6. The fourth-order valence-corrected chi connectivity index (χ4v) is 5.56. The molecule has 4 aliphatic heterocycles. The summed E-state index contributed by atoms with van der Waals surface area (Å²) in [6.07, 6.45) is 5.84. The first-order valence-corrected chi connectivity index (χ1v) is 16.2. The molecule has 0 bridgehead atoms. The molecule has 0 spiro atoms. The van der Waals surface area contributed by atoms with Gasteiger partial charge in [-0.3, -0.25) is 23.4 Å². The maximum Gasteiger partial charge on any atom is 1.00 e. The van der Waals surface area contributed by atoms with Gasteiger partial charge in [-0.2, -0.15) is 8.42 Å². The predicted octanol–water partition coefficient (Wildman–Crippen LogP) is -4.81. The number of nitrogens with one attached hydrogen (secondary N) is 4. The Morgan fingerprint density at radius 1 is 0.791 bits per heavy atom. The Morgan fingerprint density at radius 3 is 1.53 bits per heavy atom. The van der Waals surface area contributed by atoms with Gasteiger partial charge in [0.05, 0.1) is 30.2 Å². The first-order chi connectivity index (χ1) is 19.4. The maximum absolute atomic E-state index is 11.8. The Labute approximate surface area is 284 Å². The smallest absolute Gasteiger partial charge is 1.00 e. The third kappa shape index (κ3) is 16.4. The second kappa shape index (κ2) is 21.3. The van der Waals surface area contributed by atoms with Crippen molar-refractivity contribution >= 4 is 49.7 Å². The van der Waals surface area contributed by atoms with Gasteiger partial charge in [-0.05, 0) is 51.7 Å². The van der Waals surface area contributed by atoms with Crippen molar-refractivity contribution in [2.45, 2.75) is 94.3 Å². The molecular weight excluding hydrogens is 707 g/mol. The van der Waals surface area contributed by atoms with Crippen LogP contribution in [-0.2, 0) is 33.5 Å². The molecule has 4 fully saturated rings. The average Bonchev–Trinajstić information content (AvgIpc) is 3.74. The zero-order valence-electron chi connectivity index (χ0n) is 24.9. The molecule has 4 aliphatic rings. The molecule has 4 atom stereocenters. The van der Waals surface area contributed by atoms with Crippen molar-refractivity contribution in [3.05, 3.63) is 29.8 Å². The van der Waals surface area contributed by atoms with Gasteiger partial charge < -0.3 is 43.4 Å². The summed E-state index contributed by atoms with van der Waals surface area (Å²) in [5.74, 6) is 0.391. The quantitative estimate of drug-likeness (QED) is 0.109. The normalized spacial score (nSPS) is 23.7. The van der Waals surface area contributed by atoms with E-state index in [0.29, 0.717) is 37.8 Å². The van der Waals surface area contributed by atoms with Crippen molar-refractivity contribution in [2.75, 3.05) is 18.5 Å². The number of halogens is 2. The van der Waals surface area contributed by atoms with Gasteiger partial charge >= 0.3 is 18.9 Å². The van der Waals surface area contributed by atoms with Crippen LogP contribution in [0, 0.1) is 6.92 Å². The van der Waals surface area contributed by atoms with E-state index in [1.165, 1.54) is 12.1 Å². The van der Waals surface area contributed by atoms with E-state index in [4.69, 9.17) is 9.29 Å². The van der Waals surface area contributed by atoms with Gasteiger partial charge in [-0.1, -0.05) is 33.6 Å². The SMILES string of the molecule is C[C@H]1CCC(=O)N1.Cc1ccc(S(=O)(=O)OC[C@H]2CCC(=O)N2)cc1.O=C1CC[C@H](CBr)N1.O=C1CC[C@H](CO)N1.[Br-].[Li+]. The molecule has 238 valence electrons. The second-order valence-corrected chi connectivity index (χ2v) is 12.6. The minimum absolute atomic E-state index is 0. The molecule has 1 aromatic rings. The van der Waals surface area contributed by atoms with E-state index in [0.717, 1.165) is 36.6 Å². The first kappa shape index (κ1) is 41.5. The zero-order valence-corrected chi connectivity index (χ0v) is 28.9. The summed E-state index contributed by atoms with van der Waals surface area (Å²) in [7, 11) is -3.73. The minimum atomic E-state index is -3.73. The molecule has 16 heteroatoms. The van der Waals surface area contributed by atoms with E-state index >= 15 is 0 Å². The molecule has 12 nitrogen and oxygen atoms in total. The molecule has 0 radical (unpaired) electrons. The molecule has 4 amide bonds. The Bertz CT molecular complexity index is 1120. The van der Waals surface area contributed by atoms with Crippen molar-refractivity contribution in [3.63, 3.8) is 0 Å². The summed E-state index contributed by atoms with van der Waals surface area (Å²) >= 11 is 3.29. The summed E-state index contributed by atoms with van der Waals surface area (Å²) in [6.45, 7) is 3.96. The monoisotopic (exact) mass is 746 g/mol. The molecule has 0 unspecified atom stereocenters. The van der Waals surface area contributed by atoms with Crippen LogP contribution in [0.25, 0.3) is 0 Å². The van der Waals surface area contributed by atoms with E-state index in [2.05, 4.69) is 37.2 Å². The van der Waals surface area contributed by atoms with Gasteiger partial charge in [0.25, 0.3) is 10.1 Å². The Hall–Kier alpha value is -1.47. The maximum atomic E-state index is 11.8. The van der Waals surface area contributed by atoms with Gasteiger partial charge in [0.2, 0.25) is 23.6 Å². The molecular formula is C27H41Br2LiN4O8S. The number of aliphatic hydroxyl groups is 1. The molecule has 0 aromatic heterocycles. The molecule has 4 saturated heterocycles. The first-order valence-electron chi connectivity index (χ1n) is 13.7. The van der Waals surface area contributed by atoms with Crippen LogP contribution in [0.4, 0.5) is 0 Å². The van der Waals surface area contributed by atoms with E-state index < -0.39 is 10.1 Å². The summed E-state index contributed by atoms with van der Waals surface area (Å²) in [5.41, 5.74) is 0.983. The number of hydrogen-bond donors (Lipinski definition) is 5. The fourth-order valence-electron chi connectivity index (χ4n) is 4.12. The Balaban J connectivity index is 0.000000593. The third-order valence-corrected chi connectivity index (χ3v) is 8.68. The van der Waals surface area contributed by atoms with Gasteiger partial charge in [0.1, 0.15) is 0 Å². The van der Waals surface area contributed by atoms with Gasteiger partial charge in [-0.15, -0.1) is 0 Å². The van der Waals surface area contributed by atoms with Crippen LogP contribution >= 0.6 is 15.9 Å². The minimum Gasteiger partial charge on any atom is -1.00 e. The van der Waals surface area contributed by atoms with Crippen LogP contribution in [0.5, 0.6) is 0 Å². The number of aliphatic hydroxyl groups excluding tert-OH is 1. The molecule has 1 aromatic carbocycles.